The number of aryl methyl sites for hydroxylation is 1. The zero-order valence-corrected chi connectivity index (χ0v) is 14.9. The van der Waals surface area contributed by atoms with Crippen LogP contribution in [0.15, 0.2) is 39.3 Å². The first-order valence-corrected chi connectivity index (χ1v) is 8.07. The molecule has 0 aliphatic heterocycles. The Morgan fingerprint density at radius 1 is 1.14 bits per heavy atom. The molecule has 0 heterocycles. The van der Waals surface area contributed by atoms with E-state index in [0.29, 0.717) is 0 Å². The smallest absolute Gasteiger partial charge is 0.143 e. The number of hydrogen-bond donors (Lipinski definition) is 1. The molecular formula is C16H15Br2F2N. The number of hydrogen-bond acceptors (Lipinski definition) is 1. The predicted molar refractivity (Wildman–Crippen MR) is 88.4 cm³/mol. The molecule has 0 amide bonds. The van der Waals surface area contributed by atoms with E-state index in [0.717, 1.165) is 15.6 Å². The van der Waals surface area contributed by atoms with Crippen molar-refractivity contribution < 1.29 is 8.78 Å². The Morgan fingerprint density at radius 3 is 2.48 bits per heavy atom. The van der Waals surface area contributed by atoms with Crippen LogP contribution < -0.4 is 5.32 Å². The molecule has 5 heteroatoms. The van der Waals surface area contributed by atoms with Gasteiger partial charge in [0.2, 0.25) is 0 Å². The van der Waals surface area contributed by atoms with Crippen LogP contribution in [0.3, 0.4) is 0 Å². The molecule has 1 nitrogen and oxygen atoms in total. The van der Waals surface area contributed by atoms with Crippen LogP contribution in [0.2, 0.25) is 0 Å². The number of nitrogens with one attached hydrogen (secondary N) is 1. The van der Waals surface area contributed by atoms with Crippen LogP contribution in [0.25, 0.3) is 0 Å². The minimum absolute atomic E-state index is 0.0846. The molecular weight excluding hydrogens is 404 g/mol. The van der Waals surface area contributed by atoms with Gasteiger partial charge in [-0.15, -0.1) is 0 Å². The van der Waals surface area contributed by atoms with Crippen molar-refractivity contribution in [3.05, 3.63) is 67.6 Å². The Labute approximate surface area is 140 Å². The average Bonchev–Trinajstić information content (AvgIpc) is 2.42. The first-order chi connectivity index (χ1) is 9.92. The molecule has 0 bridgehead atoms. The molecule has 0 saturated heterocycles. The van der Waals surface area contributed by atoms with E-state index in [9.17, 15) is 8.78 Å². The summed E-state index contributed by atoms with van der Waals surface area (Å²) in [4.78, 5) is 0. The second-order valence-corrected chi connectivity index (χ2v) is 6.70. The highest BCUT2D eigenvalue weighted by Gasteiger charge is 2.18. The summed E-state index contributed by atoms with van der Waals surface area (Å²) in [6, 6.07) is 8.46. The molecule has 112 valence electrons. The molecule has 0 fully saturated rings. The first kappa shape index (κ1) is 16.6. The molecule has 2 aromatic rings. The predicted octanol–water partition coefficient (Wildman–Crippen LogP) is 5.30. The van der Waals surface area contributed by atoms with Gasteiger partial charge in [-0.1, -0.05) is 22.0 Å². The second kappa shape index (κ2) is 6.99. The quantitative estimate of drug-likeness (QED) is 0.664. The van der Waals surface area contributed by atoms with E-state index in [4.69, 9.17) is 0 Å². The second-order valence-electron chi connectivity index (χ2n) is 4.93. The van der Waals surface area contributed by atoms with Gasteiger partial charge in [0.05, 0.1) is 4.47 Å². The van der Waals surface area contributed by atoms with Gasteiger partial charge in [-0.05, 0) is 71.7 Å². The largest absolute Gasteiger partial charge is 0.313 e. The third-order valence-corrected chi connectivity index (χ3v) is 4.43. The van der Waals surface area contributed by atoms with Gasteiger partial charge in [-0.25, -0.2) is 8.78 Å². The van der Waals surface area contributed by atoms with Crippen molar-refractivity contribution in [3.63, 3.8) is 0 Å². The van der Waals surface area contributed by atoms with Crippen LogP contribution in [0.5, 0.6) is 0 Å². The van der Waals surface area contributed by atoms with Gasteiger partial charge in [-0.2, -0.15) is 0 Å². The van der Waals surface area contributed by atoms with Crippen LogP contribution in [-0.2, 0) is 6.42 Å². The highest BCUT2D eigenvalue weighted by molar-refractivity contribution is 9.10. The minimum Gasteiger partial charge on any atom is -0.313 e. The summed E-state index contributed by atoms with van der Waals surface area (Å²) in [5.74, 6) is -1.07. The highest BCUT2D eigenvalue weighted by Crippen LogP contribution is 2.28. The average molecular weight is 419 g/mol. The maximum atomic E-state index is 14.1. The van der Waals surface area contributed by atoms with Crippen LogP contribution in [0.1, 0.15) is 22.7 Å². The van der Waals surface area contributed by atoms with Crippen molar-refractivity contribution in [2.45, 2.75) is 19.4 Å². The molecule has 21 heavy (non-hydrogen) atoms. The molecule has 1 unspecified atom stereocenters. The molecule has 0 aliphatic carbocycles. The lowest BCUT2D eigenvalue weighted by atomic mass is 9.97. The fourth-order valence-corrected chi connectivity index (χ4v) is 3.31. The summed E-state index contributed by atoms with van der Waals surface area (Å²) in [7, 11) is 1.79. The van der Waals surface area contributed by atoms with Crippen molar-refractivity contribution >= 4 is 31.9 Å². The van der Waals surface area contributed by atoms with Crippen LogP contribution >= 0.6 is 31.9 Å². The van der Waals surface area contributed by atoms with Crippen LogP contribution in [-0.4, -0.2) is 7.05 Å². The van der Waals surface area contributed by atoms with Gasteiger partial charge in [0, 0.05) is 16.1 Å². The zero-order chi connectivity index (χ0) is 15.6. The molecule has 2 rings (SSSR count). The zero-order valence-electron chi connectivity index (χ0n) is 11.7. The van der Waals surface area contributed by atoms with Crippen LogP contribution in [0.4, 0.5) is 8.78 Å². The van der Waals surface area contributed by atoms with Crippen LogP contribution in [0, 0.1) is 18.6 Å². The minimum atomic E-state index is -0.540. The van der Waals surface area contributed by atoms with Gasteiger partial charge in [0.25, 0.3) is 0 Å². The van der Waals surface area contributed by atoms with Crippen molar-refractivity contribution in [2.75, 3.05) is 7.05 Å². The van der Waals surface area contributed by atoms with Gasteiger partial charge >= 0.3 is 0 Å². The third-order valence-electron chi connectivity index (χ3n) is 3.36. The van der Waals surface area contributed by atoms with Crippen molar-refractivity contribution in [2.24, 2.45) is 0 Å². The molecule has 0 saturated carbocycles. The number of benzene rings is 2. The number of likely N-dealkylation sites (N-methyl/N-ethyl adjacent to an activating group) is 1. The van der Waals surface area contributed by atoms with E-state index < -0.39 is 11.6 Å². The monoisotopic (exact) mass is 417 g/mol. The maximum absolute atomic E-state index is 14.1. The first-order valence-electron chi connectivity index (χ1n) is 6.49. The fraction of sp³-hybridized carbons (Fsp3) is 0.250. The highest BCUT2D eigenvalue weighted by atomic mass is 79.9. The van der Waals surface area contributed by atoms with Crippen molar-refractivity contribution in [1.29, 1.82) is 0 Å². The molecule has 0 radical (unpaired) electrons. The van der Waals surface area contributed by atoms with E-state index in [1.54, 1.807) is 7.05 Å². The summed E-state index contributed by atoms with van der Waals surface area (Å²) in [6.45, 7) is 1.99. The summed E-state index contributed by atoms with van der Waals surface area (Å²) in [6.07, 6.45) is 0.240. The van der Waals surface area contributed by atoms with E-state index in [2.05, 4.69) is 37.2 Å². The van der Waals surface area contributed by atoms with Gasteiger partial charge in [-0.3, -0.25) is 0 Å². The Bertz CT molecular complexity index is 639. The SMILES string of the molecule is CNC(Cc1c(F)ccc(Br)c1F)c1cc(C)cc(Br)c1. The lowest BCUT2D eigenvalue weighted by Gasteiger charge is -2.19. The van der Waals surface area contributed by atoms with E-state index in [-0.39, 0.29) is 22.5 Å². The number of halogens is 4. The molecule has 0 spiro atoms. The summed E-state index contributed by atoms with van der Waals surface area (Å²) >= 11 is 6.55. The van der Waals surface area contributed by atoms with Crippen molar-refractivity contribution in [1.82, 2.24) is 5.32 Å². The Kier molecular flexibility index (Phi) is 5.52. The van der Waals surface area contributed by atoms with Gasteiger partial charge in [0.1, 0.15) is 11.6 Å². The Hall–Kier alpha value is -0.780. The molecule has 0 aliphatic rings. The third kappa shape index (κ3) is 3.90. The lowest BCUT2D eigenvalue weighted by molar-refractivity contribution is 0.512. The van der Waals surface area contributed by atoms with E-state index >= 15 is 0 Å². The van der Waals surface area contributed by atoms with Gasteiger partial charge in [0.15, 0.2) is 0 Å². The standard InChI is InChI=1S/C16H15Br2F2N/c1-9-5-10(7-11(17)6-9)15(21-2)8-12-14(19)4-3-13(18)16(12)20/h3-7,15,21H,8H2,1-2H3. The summed E-state index contributed by atoms with van der Waals surface area (Å²) in [5, 5.41) is 3.13. The Balaban J connectivity index is 2.38. The van der Waals surface area contributed by atoms with Crippen molar-refractivity contribution in [3.8, 4) is 0 Å². The summed E-state index contributed by atoms with van der Waals surface area (Å²) < 4.78 is 29.2. The Morgan fingerprint density at radius 2 is 1.86 bits per heavy atom. The van der Waals surface area contributed by atoms with E-state index in [1.165, 1.54) is 12.1 Å². The molecule has 1 atom stereocenters. The topological polar surface area (TPSA) is 12.0 Å². The number of rotatable bonds is 4. The normalized spacial score (nSPS) is 12.5. The molecule has 1 N–H and O–H groups in total. The molecule has 0 aromatic heterocycles. The van der Waals surface area contributed by atoms with E-state index in [1.807, 2.05) is 25.1 Å². The molecule has 2 aromatic carbocycles. The van der Waals surface area contributed by atoms with Gasteiger partial charge < -0.3 is 5.32 Å². The maximum Gasteiger partial charge on any atom is 0.143 e. The lowest BCUT2D eigenvalue weighted by Crippen LogP contribution is -2.20. The fourth-order valence-electron chi connectivity index (χ4n) is 2.31. The summed E-state index contributed by atoms with van der Waals surface area (Å²) in [5.41, 5.74) is 2.17.